The van der Waals surface area contributed by atoms with Gasteiger partial charge in [-0.25, -0.2) is 0 Å². The normalized spacial score (nSPS) is 11.8. The van der Waals surface area contributed by atoms with E-state index in [1.165, 1.54) is 0 Å². The first-order chi connectivity index (χ1) is 10.1. The van der Waals surface area contributed by atoms with Crippen LogP contribution in [0.1, 0.15) is 35.8 Å². The summed E-state index contributed by atoms with van der Waals surface area (Å²) < 4.78 is 0. The topological polar surface area (TPSA) is 41.1 Å². The molecular formula is C17H19ClN2O. The van der Waals surface area contributed by atoms with E-state index in [9.17, 15) is 4.79 Å². The monoisotopic (exact) mass is 302 g/mol. The van der Waals surface area contributed by atoms with E-state index in [-0.39, 0.29) is 11.9 Å². The van der Waals surface area contributed by atoms with Crippen LogP contribution in [0.5, 0.6) is 0 Å². The van der Waals surface area contributed by atoms with Gasteiger partial charge >= 0.3 is 0 Å². The van der Waals surface area contributed by atoms with Crippen molar-refractivity contribution in [3.63, 3.8) is 0 Å². The van der Waals surface area contributed by atoms with Crippen LogP contribution in [-0.2, 0) is 0 Å². The number of hydrogen-bond acceptors (Lipinski definition) is 2. The summed E-state index contributed by atoms with van der Waals surface area (Å²) in [6.45, 7) is 4.74. The highest BCUT2D eigenvalue weighted by Crippen LogP contribution is 2.19. The first-order valence-corrected chi connectivity index (χ1v) is 7.39. The van der Waals surface area contributed by atoms with Crippen LogP contribution in [0.25, 0.3) is 0 Å². The van der Waals surface area contributed by atoms with Crippen LogP contribution < -0.4 is 10.6 Å². The maximum absolute atomic E-state index is 12.4. The largest absolute Gasteiger partial charge is 0.385 e. The minimum absolute atomic E-state index is 0.0792. The molecule has 0 bridgehead atoms. The molecule has 0 spiro atoms. The Morgan fingerprint density at radius 3 is 2.48 bits per heavy atom. The van der Waals surface area contributed by atoms with E-state index in [0.29, 0.717) is 10.6 Å². The molecule has 1 atom stereocenters. The van der Waals surface area contributed by atoms with Crippen molar-refractivity contribution in [2.45, 2.75) is 19.9 Å². The molecule has 0 saturated carbocycles. The fourth-order valence-electron chi connectivity index (χ4n) is 2.13. The highest BCUT2D eigenvalue weighted by Gasteiger charge is 2.14. The molecule has 2 rings (SSSR count). The van der Waals surface area contributed by atoms with Gasteiger partial charge in [0.05, 0.1) is 11.6 Å². The summed E-state index contributed by atoms with van der Waals surface area (Å²) >= 11 is 5.88. The summed E-state index contributed by atoms with van der Waals surface area (Å²) in [6, 6.07) is 14.9. The van der Waals surface area contributed by atoms with Crippen molar-refractivity contribution in [2.24, 2.45) is 0 Å². The second-order valence-electron chi connectivity index (χ2n) is 4.82. The van der Waals surface area contributed by atoms with Gasteiger partial charge in [0.1, 0.15) is 0 Å². The average molecular weight is 303 g/mol. The SMILES string of the molecule is CCNc1ccccc1C(=O)N[C@@H](C)c1ccc(Cl)cc1. The maximum Gasteiger partial charge on any atom is 0.253 e. The highest BCUT2D eigenvalue weighted by atomic mass is 35.5. The van der Waals surface area contributed by atoms with Gasteiger partial charge in [0, 0.05) is 17.3 Å². The minimum atomic E-state index is -0.0889. The molecule has 0 heterocycles. The Hall–Kier alpha value is -2.00. The Labute approximate surface area is 130 Å². The van der Waals surface area contributed by atoms with Crippen molar-refractivity contribution in [3.8, 4) is 0 Å². The fourth-order valence-corrected chi connectivity index (χ4v) is 2.26. The quantitative estimate of drug-likeness (QED) is 0.866. The maximum atomic E-state index is 12.4. The smallest absolute Gasteiger partial charge is 0.253 e. The molecule has 0 unspecified atom stereocenters. The summed E-state index contributed by atoms with van der Waals surface area (Å²) in [5.41, 5.74) is 2.52. The predicted molar refractivity (Wildman–Crippen MR) is 87.9 cm³/mol. The van der Waals surface area contributed by atoms with Gasteiger partial charge in [0.25, 0.3) is 5.91 Å². The lowest BCUT2D eigenvalue weighted by atomic mass is 10.1. The van der Waals surface area contributed by atoms with Crippen LogP contribution in [0.3, 0.4) is 0 Å². The summed E-state index contributed by atoms with van der Waals surface area (Å²) in [5, 5.41) is 6.90. The lowest BCUT2D eigenvalue weighted by Gasteiger charge is -2.16. The molecule has 2 aromatic carbocycles. The van der Waals surface area contributed by atoms with Gasteiger partial charge in [-0.2, -0.15) is 0 Å². The molecule has 0 fully saturated rings. The summed E-state index contributed by atoms with van der Waals surface area (Å²) in [5.74, 6) is -0.0889. The molecule has 0 aromatic heterocycles. The zero-order chi connectivity index (χ0) is 15.2. The van der Waals surface area contributed by atoms with Gasteiger partial charge in [-0.15, -0.1) is 0 Å². The van der Waals surface area contributed by atoms with Crippen LogP contribution in [-0.4, -0.2) is 12.5 Å². The van der Waals surface area contributed by atoms with E-state index in [4.69, 9.17) is 11.6 Å². The van der Waals surface area contributed by atoms with Crippen LogP contribution in [0.4, 0.5) is 5.69 Å². The van der Waals surface area contributed by atoms with Gasteiger partial charge in [-0.1, -0.05) is 35.9 Å². The third-order valence-electron chi connectivity index (χ3n) is 3.26. The first-order valence-electron chi connectivity index (χ1n) is 7.01. The number of halogens is 1. The average Bonchev–Trinajstić information content (AvgIpc) is 2.48. The second kappa shape index (κ2) is 7.14. The van der Waals surface area contributed by atoms with Crippen LogP contribution in [0, 0.1) is 0 Å². The molecule has 2 N–H and O–H groups in total. The Morgan fingerprint density at radius 2 is 1.81 bits per heavy atom. The molecule has 3 nitrogen and oxygen atoms in total. The Balaban J connectivity index is 2.12. The molecule has 1 amide bonds. The molecule has 110 valence electrons. The number of anilines is 1. The van der Waals surface area contributed by atoms with E-state index in [0.717, 1.165) is 17.8 Å². The Morgan fingerprint density at radius 1 is 1.14 bits per heavy atom. The Bertz CT molecular complexity index is 610. The van der Waals surface area contributed by atoms with Crippen LogP contribution >= 0.6 is 11.6 Å². The molecule has 0 saturated heterocycles. The van der Waals surface area contributed by atoms with Gasteiger partial charge in [-0.05, 0) is 43.7 Å². The molecule has 0 aliphatic carbocycles. The van der Waals surface area contributed by atoms with E-state index < -0.39 is 0 Å². The predicted octanol–water partition coefficient (Wildman–Crippen LogP) is 4.26. The van der Waals surface area contributed by atoms with E-state index in [1.807, 2.05) is 62.4 Å². The number of amides is 1. The molecule has 21 heavy (non-hydrogen) atoms. The molecule has 0 aliphatic heterocycles. The zero-order valence-electron chi connectivity index (χ0n) is 12.2. The van der Waals surface area contributed by atoms with Crippen molar-refractivity contribution in [1.29, 1.82) is 0 Å². The number of nitrogens with one attached hydrogen (secondary N) is 2. The standard InChI is InChI=1S/C17H19ClN2O/c1-3-19-16-7-5-4-6-15(16)17(21)20-12(2)13-8-10-14(18)11-9-13/h4-12,19H,3H2,1-2H3,(H,20,21)/t12-/m0/s1. The lowest BCUT2D eigenvalue weighted by molar-refractivity contribution is 0.0940. The van der Waals surface area contributed by atoms with Crippen molar-refractivity contribution < 1.29 is 4.79 Å². The van der Waals surface area contributed by atoms with Crippen molar-refractivity contribution in [1.82, 2.24) is 5.32 Å². The third-order valence-corrected chi connectivity index (χ3v) is 3.51. The minimum Gasteiger partial charge on any atom is -0.385 e. The number of carbonyl (C=O) groups is 1. The van der Waals surface area contributed by atoms with Crippen LogP contribution in [0.2, 0.25) is 5.02 Å². The van der Waals surface area contributed by atoms with E-state index in [1.54, 1.807) is 0 Å². The zero-order valence-corrected chi connectivity index (χ0v) is 12.9. The fraction of sp³-hybridized carbons (Fsp3) is 0.235. The van der Waals surface area contributed by atoms with Crippen molar-refractivity contribution in [2.75, 3.05) is 11.9 Å². The number of carbonyl (C=O) groups excluding carboxylic acids is 1. The summed E-state index contributed by atoms with van der Waals surface area (Å²) in [7, 11) is 0. The first kappa shape index (κ1) is 15.4. The van der Waals surface area contributed by atoms with Gasteiger partial charge in [0.2, 0.25) is 0 Å². The van der Waals surface area contributed by atoms with Gasteiger partial charge in [-0.3, -0.25) is 4.79 Å². The molecule has 0 aliphatic rings. The molecule has 2 aromatic rings. The molecule has 4 heteroatoms. The van der Waals surface area contributed by atoms with Crippen molar-refractivity contribution in [3.05, 3.63) is 64.7 Å². The van der Waals surface area contributed by atoms with Crippen LogP contribution in [0.15, 0.2) is 48.5 Å². The highest BCUT2D eigenvalue weighted by molar-refractivity contribution is 6.30. The van der Waals surface area contributed by atoms with E-state index >= 15 is 0 Å². The second-order valence-corrected chi connectivity index (χ2v) is 5.26. The number of benzene rings is 2. The van der Waals surface area contributed by atoms with E-state index in [2.05, 4.69) is 10.6 Å². The number of hydrogen-bond donors (Lipinski definition) is 2. The van der Waals surface area contributed by atoms with Crippen molar-refractivity contribution >= 4 is 23.2 Å². The van der Waals surface area contributed by atoms with Gasteiger partial charge < -0.3 is 10.6 Å². The summed E-state index contributed by atoms with van der Waals surface area (Å²) in [4.78, 5) is 12.4. The molecule has 0 radical (unpaired) electrons. The summed E-state index contributed by atoms with van der Waals surface area (Å²) in [6.07, 6.45) is 0. The van der Waals surface area contributed by atoms with Gasteiger partial charge in [0.15, 0.2) is 0 Å². The number of para-hydroxylation sites is 1. The molecular weight excluding hydrogens is 284 g/mol. The Kier molecular flexibility index (Phi) is 5.23. The third kappa shape index (κ3) is 3.99. The number of rotatable bonds is 5. The lowest BCUT2D eigenvalue weighted by Crippen LogP contribution is -2.27.